The van der Waals surface area contributed by atoms with Gasteiger partial charge in [0.2, 0.25) is 10.0 Å². The van der Waals surface area contributed by atoms with Crippen molar-refractivity contribution in [2.45, 2.75) is 64.3 Å². The van der Waals surface area contributed by atoms with Crippen LogP contribution >= 0.6 is 0 Å². The monoisotopic (exact) mass is 364 g/mol. The lowest BCUT2D eigenvalue weighted by molar-refractivity contribution is 0.0930. The van der Waals surface area contributed by atoms with E-state index in [2.05, 4.69) is 5.32 Å². The number of carbonyl (C=O) groups is 1. The molecule has 2 aliphatic rings. The third-order valence-electron chi connectivity index (χ3n) is 5.34. The van der Waals surface area contributed by atoms with Gasteiger partial charge in [0.15, 0.2) is 0 Å². The van der Waals surface area contributed by atoms with Crippen LogP contribution in [0, 0.1) is 0 Å². The van der Waals surface area contributed by atoms with E-state index in [4.69, 9.17) is 0 Å². The van der Waals surface area contributed by atoms with Gasteiger partial charge in [-0.3, -0.25) is 9.10 Å². The second-order valence-electron chi connectivity index (χ2n) is 7.08. The molecule has 25 heavy (non-hydrogen) atoms. The molecule has 1 aliphatic heterocycles. The van der Waals surface area contributed by atoms with Crippen LogP contribution in [0.4, 0.5) is 5.69 Å². The standard InChI is InChI=1S/C19H28N2O3S/c1-2-25(23,24)21-13-12-15-14-16(10-11-18(15)21)19(22)20-17-8-6-4-3-5-7-9-17/h10-11,14,17H,2-9,12-13H2,1H3,(H,20,22). The number of carbonyl (C=O) groups excluding carboxylic acids is 1. The first-order chi connectivity index (χ1) is 12.0. The molecule has 1 saturated carbocycles. The number of benzene rings is 1. The van der Waals surface area contributed by atoms with Crippen LogP contribution < -0.4 is 9.62 Å². The summed E-state index contributed by atoms with van der Waals surface area (Å²) >= 11 is 0. The number of nitrogens with zero attached hydrogens (tertiary/aromatic N) is 1. The van der Waals surface area contributed by atoms with Crippen LogP contribution in [-0.4, -0.2) is 32.7 Å². The molecule has 0 unspecified atom stereocenters. The second-order valence-corrected chi connectivity index (χ2v) is 9.26. The summed E-state index contributed by atoms with van der Waals surface area (Å²) in [5.74, 6) is 0.0567. The number of sulfonamides is 1. The zero-order valence-corrected chi connectivity index (χ0v) is 15.8. The van der Waals surface area contributed by atoms with Crippen molar-refractivity contribution in [3.8, 4) is 0 Å². The Morgan fingerprint density at radius 3 is 2.52 bits per heavy atom. The lowest BCUT2D eigenvalue weighted by atomic mass is 9.96. The topological polar surface area (TPSA) is 66.5 Å². The molecule has 1 aromatic rings. The van der Waals surface area contributed by atoms with Crippen molar-refractivity contribution in [1.29, 1.82) is 0 Å². The average molecular weight is 365 g/mol. The number of hydrogen-bond donors (Lipinski definition) is 1. The molecule has 1 aliphatic carbocycles. The highest BCUT2D eigenvalue weighted by molar-refractivity contribution is 7.92. The van der Waals surface area contributed by atoms with Crippen molar-refractivity contribution in [1.82, 2.24) is 5.32 Å². The van der Waals surface area contributed by atoms with E-state index in [0.717, 1.165) is 24.1 Å². The van der Waals surface area contributed by atoms with Crippen LogP contribution in [0.15, 0.2) is 18.2 Å². The van der Waals surface area contributed by atoms with Crippen molar-refractivity contribution in [2.24, 2.45) is 0 Å². The molecule has 0 spiro atoms. The van der Waals surface area contributed by atoms with Gasteiger partial charge in [0, 0.05) is 18.2 Å². The Kier molecular flexibility index (Phi) is 5.67. The smallest absolute Gasteiger partial charge is 0.251 e. The van der Waals surface area contributed by atoms with Crippen molar-refractivity contribution in [3.05, 3.63) is 29.3 Å². The van der Waals surface area contributed by atoms with Crippen LogP contribution in [0.3, 0.4) is 0 Å². The maximum absolute atomic E-state index is 12.6. The van der Waals surface area contributed by atoms with Gasteiger partial charge >= 0.3 is 0 Å². The van der Waals surface area contributed by atoms with E-state index < -0.39 is 10.0 Å². The number of nitrogens with one attached hydrogen (secondary N) is 1. The van der Waals surface area contributed by atoms with Gasteiger partial charge in [0.25, 0.3) is 5.91 Å². The number of hydrogen-bond acceptors (Lipinski definition) is 3. The van der Waals surface area contributed by atoms with Crippen molar-refractivity contribution in [2.75, 3.05) is 16.6 Å². The van der Waals surface area contributed by atoms with Gasteiger partial charge in [-0.25, -0.2) is 8.42 Å². The van der Waals surface area contributed by atoms with E-state index >= 15 is 0 Å². The fraction of sp³-hybridized carbons (Fsp3) is 0.632. The molecule has 1 N–H and O–H groups in total. The van der Waals surface area contributed by atoms with Gasteiger partial charge in [-0.1, -0.05) is 32.1 Å². The predicted octanol–water partition coefficient (Wildman–Crippen LogP) is 3.24. The molecule has 0 aromatic heterocycles. The Balaban J connectivity index is 1.71. The molecule has 5 nitrogen and oxygen atoms in total. The van der Waals surface area contributed by atoms with E-state index in [-0.39, 0.29) is 17.7 Å². The third kappa shape index (κ3) is 4.17. The summed E-state index contributed by atoms with van der Waals surface area (Å²) in [6.45, 7) is 2.13. The third-order valence-corrected chi connectivity index (χ3v) is 7.12. The molecular formula is C19H28N2O3S. The Morgan fingerprint density at radius 2 is 1.84 bits per heavy atom. The highest BCUT2D eigenvalue weighted by atomic mass is 32.2. The second kappa shape index (κ2) is 7.77. The van der Waals surface area contributed by atoms with Crippen LogP contribution in [0.2, 0.25) is 0 Å². The lowest BCUT2D eigenvalue weighted by Gasteiger charge is -2.21. The van der Waals surface area contributed by atoms with Gasteiger partial charge in [0.1, 0.15) is 0 Å². The van der Waals surface area contributed by atoms with Crippen LogP contribution in [-0.2, 0) is 16.4 Å². The predicted molar refractivity (Wildman–Crippen MR) is 101 cm³/mol. The van der Waals surface area contributed by atoms with Gasteiger partial charge in [-0.15, -0.1) is 0 Å². The molecule has 0 radical (unpaired) electrons. The summed E-state index contributed by atoms with van der Waals surface area (Å²) < 4.78 is 25.8. The number of amides is 1. The first-order valence-electron chi connectivity index (χ1n) is 9.45. The molecule has 3 rings (SSSR count). The van der Waals surface area contributed by atoms with Crippen LogP contribution in [0.5, 0.6) is 0 Å². The van der Waals surface area contributed by atoms with E-state index in [0.29, 0.717) is 18.5 Å². The number of rotatable bonds is 4. The molecule has 0 saturated heterocycles. The maximum atomic E-state index is 12.6. The van der Waals surface area contributed by atoms with Crippen molar-refractivity contribution < 1.29 is 13.2 Å². The summed E-state index contributed by atoms with van der Waals surface area (Å²) in [6.07, 6.45) is 8.96. The summed E-state index contributed by atoms with van der Waals surface area (Å²) in [7, 11) is -3.24. The number of fused-ring (bicyclic) bond motifs is 1. The van der Waals surface area contributed by atoms with Crippen molar-refractivity contribution in [3.63, 3.8) is 0 Å². The Bertz CT molecular complexity index is 722. The zero-order valence-electron chi connectivity index (χ0n) is 15.0. The van der Waals surface area contributed by atoms with Crippen LogP contribution in [0.25, 0.3) is 0 Å². The van der Waals surface area contributed by atoms with Gasteiger partial charge in [-0.05, 0) is 49.9 Å². The van der Waals surface area contributed by atoms with Gasteiger partial charge in [-0.2, -0.15) is 0 Å². The van der Waals surface area contributed by atoms with E-state index in [1.54, 1.807) is 19.1 Å². The molecule has 0 bridgehead atoms. The van der Waals surface area contributed by atoms with E-state index in [1.807, 2.05) is 6.07 Å². The minimum Gasteiger partial charge on any atom is -0.349 e. The molecule has 6 heteroatoms. The Labute approximate surface area is 150 Å². The normalized spacial score (nSPS) is 19.2. The minimum atomic E-state index is -3.24. The molecule has 1 heterocycles. The van der Waals surface area contributed by atoms with Gasteiger partial charge in [0.05, 0.1) is 11.4 Å². The summed E-state index contributed by atoms with van der Waals surface area (Å²) in [4.78, 5) is 12.6. The largest absolute Gasteiger partial charge is 0.349 e. The number of anilines is 1. The summed E-state index contributed by atoms with van der Waals surface area (Å²) in [5.41, 5.74) is 2.31. The first kappa shape index (κ1) is 18.2. The SMILES string of the molecule is CCS(=O)(=O)N1CCc2cc(C(=O)NC3CCCCCCC3)ccc21. The van der Waals surface area contributed by atoms with Crippen LogP contribution in [0.1, 0.15) is 67.8 Å². The average Bonchev–Trinajstić information content (AvgIpc) is 3.01. The lowest BCUT2D eigenvalue weighted by Crippen LogP contribution is -2.35. The highest BCUT2D eigenvalue weighted by Gasteiger charge is 2.28. The quantitative estimate of drug-likeness (QED) is 0.892. The fourth-order valence-corrected chi connectivity index (χ4v) is 4.99. The summed E-state index contributed by atoms with van der Waals surface area (Å²) in [6, 6.07) is 5.65. The summed E-state index contributed by atoms with van der Waals surface area (Å²) in [5, 5.41) is 3.18. The highest BCUT2D eigenvalue weighted by Crippen LogP contribution is 2.31. The molecule has 1 aromatic carbocycles. The molecule has 1 fully saturated rings. The van der Waals surface area contributed by atoms with E-state index in [1.165, 1.54) is 36.4 Å². The van der Waals surface area contributed by atoms with Gasteiger partial charge < -0.3 is 5.32 Å². The van der Waals surface area contributed by atoms with E-state index in [9.17, 15) is 13.2 Å². The Morgan fingerprint density at radius 1 is 1.16 bits per heavy atom. The fourth-order valence-electron chi connectivity index (χ4n) is 3.83. The molecule has 138 valence electrons. The minimum absolute atomic E-state index is 0.0369. The first-order valence-corrected chi connectivity index (χ1v) is 11.1. The molecule has 1 amide bonds. The maximum Gasteiger partial charge on any atom is 0.251 e. The Hall–Kier alpha value is -1.56. The molecular weight excluding hydrogens is 336 g/mol. The zero-order chi connectivity index (χ0) is 17.9. The van der Waals surface area contributed by atoms with Crippen molar-refractivity contribution >= 4 is 21.6 Å². The molecule has 0 atom stereocenters.